The number of rotatable bonds is 5. The predicted octanol–water partition coefficient (Wildman–Crippen LogP) is 4.34. The molecule has 1 saturated heterocycles. The SMILES string of the molecule is Cc1c(/C(O)=C2\C(=O)C(=O)N(Cc3cccnc3)C2c2cccc(F)c2)cnn1-c1ccccc1. The largest absolute Gasteiger partial charge is 0.507 e. The first kappa shape index (κ1) is 22.2. The molecule has 0 saturated carbocycles. The molecule has 1 amide bonds. The number of aromatic nitrogens is 3. The van der Waals surface area contributed by atoms with Crippen LogP contribution in [0.3, 0.4) is 0 Å². The van der Waals surface area contributed by atoms with Gasteiger partial charge in [-0.05, 0) is 48.4 Å². The first-order chi connectivity index (χ1) is 17.0. The van der Waals surface area contributed by atoms with Crippen LogP contribution in [0.15, 0.2) is 90.9 Å². The van der Waals surface area contributed by atoms with Crippen LogP contribution in [0.25, 0.3) is 11.4 Å². The van der Waals surface area contributed by atoms with Crippen LogP contribution in [0.2, 0.25) is 0 Å². The summed E-state index contributed by atoms with van der Waals surface area (Å²) in [6.45, 7) is 1.83. The first-order valence-electron chi connectivity index (χ1n) is 11.0. The fourth-order valence-corrected chi connectivity index (χ4v) is 4.37. The summed E-state index contributed by atoms with van der Waals surface area (Å²) in [6.07, 6.45) is 4.65. The topological polar surface area (TPSA) is 88.3 Å². The highest BCUT2D eigenvalue weighted by atomic mass is 19.1. The number of ketones is 1. The van der Waals surface area contributed by atoms with E-state index in [1.807, 2.05) is 30.3 Å². The number of carbonyl (C=O) groups is 2. The zero-order chi connectivity index (χ0) is 24.5. The van der Waals surface area contributed by atoms with Crippen molar-refractivity contribution < 1.29 is 19.1 Å². The zero-order valence-corrected chi connectivity index (χ0v) is 18.8. The molecule has 1 aliphatic rings. The fraction of sp³-hybridized carbons (Fsp3) is 0.111. The second kappa shape index (κ2) is 8.98. The van der Waals surface area contributed by atoms with E-state index in [0.717, 1.165) is 5.69 Å². The maximum Gasteiger partial charge on any atom is 0.295 e. The van der Waals surface area contributed by atoms with Crippen molar-refractivity contribution in [3.8, 4) is 5.69 Å². The molecule has 174 valence electrons. The smallest absolute Gasteiger partial charge is 0.295 e. The number of likely N-dealkylation sites (tertiary alicyclic amines) is 1. The number of Topliss-reactive ketones (excluding diaryl/α,β-unsaturated/α-hetero) is 1. The van der Waals surface area contributed by atoms with E-state index in [1.165, 1.54) is 29.3 Å². The van der Waals surface area contributed by atoms with Gasteiger partial charge in [-0.25, -0.2) is 9.07 Å². The molecule has 0 aliphatic carbocycles. The molecule has 1 N–H and O–H groups in total. The van der Waals surface area contributed by atoms with Crippen molar-refractivity contribution in [2.75, 3.05) is 0 Å². The number of hydrogen-bond acceptors (Lipinski definition) is 5. The molecule has 1 aliphatic heterocycles. The summed E-state index contributed by atoms with van der Waals surface area (Å²) in [6, 6.07) is 17.5. The van der Waals surface area contributed by atoms with E-state index in [2.05, 4.69) is 10.1 Å². The monoisotopic (exact) mass is 468 g/mol. The molecule has 1 atom stereocenters. The van der Waals surface area contributed by atoms with Gasteiger partial charge in [0.05, 0.1) is 34.8 Å². The lowest BCUT2D eigenvalue weighted by atomic mass is 9.95. The maximum atomic E-state index is 14.2. The average molecular weight is 468 g/mol. The van der Waals surface area contributed by atoms with Gasteiger partial charge in [0.15, 0.2) is 0 Å². The van der Waals surface area contributed by atoms with E-state index in [1.54, 1.807) is 42.2 Å². The highest BCUT2D eigenvalue weighted by Gasteiger charge is 2.46. The van der Waals surface area contributed by atoms with Gasteiger partial charge < -0.3 is 10.0 Å². The number of benzene rings is 2. The molecule has 0 spiro atoms. The Hall–Kier alpha value is -4.59. The minimum Gasteiger partial charge on any atom is -0.507 e. The van der Waals surface area contributed by atoms with Crippen LogP contribution in [0, 0.1) is 12.7 Å². The number of nitrogens with zero attached hydrogens (tertiary/aromatic N) is 4. The third-order valence-electron chi connectivity index (χ3n) is 6.05. The molecule has 3 heterocycles. The van der Waals surface area contributed by atoms with Crippen molar-refractivity contribution in [1.29, 1.82) is 0 Å². The number of aliphatic hydroxyl groups excluding tert-OH is 1. The molecule has 0 bridgehead atoms. The van der Waals surface area contributed by atoms with E-state index in [-0.39, 0.29) is 17.9 Å². The Kier molecular flexibility index (Phi) is 5.70. The molecular weight excluding hydrogens is 447 g/mol. The van der Waals surface area contributed by atoms with Gasteiger partial charge >= 0.3 is 0 Å². The Labute approximate surface area is 200 Å². The highest BCUT2D eigenvalue weighted by molar-refractivity contribution is 6.46. The van der Waals surface area contributed by atoms with Gasteiger partial charge in [-0.3, -0.25) is 14.6 Å². The lowest BCUT2D eigenvalue weighted by Gasteiger charge is -2.25. The summed E-state index contributed by atoms with van der Waals surface area (Å²) >= 11 is 0. The third kappa shape index (κ3) is 3.99. The molecule has 0 radical (unpaired) electrons. The van der Waals surface area contributed by atoms with Crippen LogP contribution < -0.4 is 0 Å². The van der Waals surface area contributed by atoms with Gasteiger partial charge in [0, 0.05) is 18.9 Å². The van der Waals surface area contributed by atoms with Gasteiger partial charge in [-0.1, -0.05) is 36.4 Å². The Morgan fingerprint density at radius 3 is 2.54 bits per heavy atom. The van der Waals surface area contributed by atoms with E-state index >= 15 is 0 Å². The Morgan fingerprint density at radius 2 is 1.83 bits per heavy atom. The Balaban J connectivity index is 1.65. The molecule has 5 rings (SSSR count). The number of carbonyl (C=O) groups excluding carboxylic acids is 2. The van der Waals surface area contributed by atoms with Gasteiger partial charge in [-0.2, -0.15) is 5.10 Å². The molecule has 8 heteroatoms. The predicted molar refractivity (Wildman–Crippen MR) is 127 cm³/mol. The summed E-state index contributed by atoms with van der Waals surface area (Å²) in [7, 11) is 0. The highest BCUT2D eigenvalue weighted by Crippen LogP contribution is 2.40. The second-order valence-corrected chi connectivity index (χ2v) is 8.23. The van der Waals surface area contributed by atoms with Crippen molar-refractivity contribution >= 4 is 17.4 Å². The van der Waals surface area contributed by atoms with E-state index in [0.29, 0.717) is 22.4 Å². The number of aliphatic hydroxyl groups is 1. The standard InChI is InChI=1S/C27H21FN4O3/c1-17-22(15-30-32(17)21-10-3-2-4-11-21)25(33)23-24(19-8-5-9-20(28)13-19)31(27(35)26(23)34)16-18-7-6-12-29-14-18/h2-15,24,33H,16H2,1H3/b25-23+. The van der Waals surface area contributed by atoms with Crippen molar-refractivity contribution in [3.05, 3.63) is 119 Å². The van der Waals surface area contributed by atoms with E-state index < -0.39 is 23.5 Å². The maximum absolute atomic E-state index is 14.2. The molecule has 2 aromatic carbocycles. The van der Waals surface area contributed by atoms with Crippen molar-refractivity contribution in [2.24, 2.45) is 0 Å². The van der Waals surface area contributed by atoms with Crippen LogP contribution in [0.4, 0.5) is 4.39 Å². The van der Waals surface area contributed by atoms with Crippen LogP contribution in [-0.2, 0) is 16.1 Å². The van der Waals surface area contributed by atoms with Crippen LogP contribution >= 0.6 is 0 Å². The Bertz CT molecular complexity index is 1450. The molecule has 4 aromatic rings. The molecule has 2 aromatic heterocycles. The number of hydrogen-bond donors (Lipinski definition) is 1. The number of halogens is 1. The van der Waals surface area contributed by atoms with Crippen LogP contribution in [0.5, 0.6) is 0 Å². The number of pyridine rings is 1. The summed E-state index contributed by atoms with van der Waals surface area (Å²) in [4.78, 5) is 31.8. The summed E-state index contributed by atoms with van der Waals surface area (Å²) in [5.41, 5.74) is 2.65. The fourth-order valence-electron chi connectivity index (χ4n) is 4.37. The van der Waals surface area contributed by atoms with Crippen molar-refractivity contribution in [2.45, 2.75) is 19.5 Å². The van der Waals surface area contributed by atoms with Gasteiger partial charge in [-0.15, -0.1) is 0 Å². The molecular formula is C27H21FN4O3. The molecule has 35 heavy (non-hydrogen) atoms. The lowest BCUT2D eigenvalue weighted by Crippen LogP contribution is -2.29. The number of amides is 1. The van der Waals surface area contributed by atoms with Crippen molar-refractivity contribution in [1.82, 2.24) is 19.7 Å². The average Bonchev–Trinajstić information content (AvgIpc) is 3.37. The van der Waals surface area contributed by atoms with Gasteiger partial charge in [0.25, 0.3) is 11.7 Å². The van der Waals surface area contributed by atoms with Crippen molar-refractivity contribution in [3.63, 3.8) is 0 Å². The van der Waals surface area contributed by atoms with E-state index in [4.69, 9.17) is 0 Å². The minimum atomic E-state index is -0.981. The normalized spacial score (nSPS) is 17.2. The zero-order valence-electron chi connectivity index (χ0n) is 18.8. The summed E-state index contributed by atoms with van der Waals surface area (Å²) < 4.78 is 15.8. The molecule has 1 fully saturated rings. The quantitative estimate of drug-likeness (QED) is 0.268. The second-order valence-electron chi connectivity index (χ2n) is 8.23. The van der Waals surface area contributed by atoms with Gasteiger partial charge in [0.2, 0.25) is 0 Å². The number of para-hydroxylation sites is 1. The van der Waals surface area contributed by atoms with Crippen LogP contribution in [0.1, 0.15) is 28.4 Å². The molecule has 1 unspecified atom stereocenters. The third-order valence-corrected chi connectivity index (χ3v) is 6.05. The first-order valence-corrected chi connectivity index (χ1v) is 11.0. The Morgan fingerprint density at radius 1 is 1.03 bits per heavy atom. The van der Waals surface area contributed by atoms with Crippen LogP contribution in [-0.4, -0.2) is 36.5 Å². The lowest BCUT2D eigenvalue weighted by molar-refractivity contribution is -0.140. The van der Waals surface area contributed by atoms with Gasteiger partial charge in [0.1, 0.15) is 11.6 Å². The molecule has 7 nitrogen and oxygen atoms in total. The summed E-state index contributed by atoms with van der Waals surface area (Å²) in [5.74, 6) is -2.49. The summed E-state index contributed by atoms with van der Waals surface area (Å²) in [5, 5.41) is 15.7. The van der Waals surface area contributed by atoms with E-state index in [9.17, 15) is 19.1 Å². The minimum absolute atomic E-state index is 0.0681.